The number of anilines is 1. The van der Waals surface area contributed by atoms with E-state index in [2.05, 4.69) is 40.6 Å². The summed E-state index contributed by atoms with van der Waals surface area (Å²) in [6.07, 6.45) is 1.54. The van der Waals surface area contributed by atoms with E-state index in [0.29, 0.717) is 5.56 Å². The standard InChI is InChI=1S/C17H20N2O2/c1-4-19(5-2)15-9-6-13(7-10-15)16-11-8-14(12-18-16)17(20)21-3/h6-12H,4-5H2,1-3H3. The molecule has 0 atom stereocenters. The smallest absolute Gasteiger partial charge is 0.339 e. The molecule has 0 aliphatic heterocycles. The summed E-state index contributed by atoms with van der Waals surface area (Å²) < 4.78 is 4.66. The van der Waals surface area contributed by atoms with E-state index in [1.54, 1.807) is 12.3 Å². The van der Waals surface area contributed by atoms with Crippen molar-refractivity contribution in [2.45, 2.75) is 13.8 Å². The van der Waals surface area contributed by atoms with Gasteiger partial charge in [0, 0.05) is 30.5 Å². The predicted octanol–water partition coefficient (Wildman–Crippen LogP) is 3.38. The van der Waals surface area contributed by atoms with Crippen LogP contribution in [-0.4, -0.2) is 31.2 Å². The molecular weight excluding hydrogens is 264 g/mol. The van der Waals surface area contributed by atoms with Crippen LogP contribution in [0.5, 0.6) is 0 Å². The molecule has 0 amide bonds. The molecule has 2 aromatic rings. The van der Waals surface area contributed by atoms with E-state index in [-0.39, 0.29) is 5.97 Å². The van der Waals surface area contributed by atoms with Gasteiger partial charge in [-0.3, -0.25) is 4.98 Å². The molecule has 21 heavy (non-hydrogen) atoms. The Morgan fingerprint density at radius 1 is 1.10 bits per heavy atom. The van der Waals surface area contributed by atoms with Crippen molar-refractivity contribution in [3.05, 3.63) is 48.2 Å². The minimum absolute atomic E-state index is 0.370. The summed E-state index contributed by atoms with van der Waals surface area (Å²) in [5, 5.41) is 0. The zero-order valence-electron chi connectivity index (χ0n) is 12.7. The maximum atomic E-state index is 11.4. The number of hydrogen-bond donors (Lipinski definition) is 0. The van der Waals surface area contributed by atoms with Gasteiger partial charge in [0.25, 0.3) is 0 Å². The van der Waals surface area contributed by atoms with Gasteiger partial charge >= 0.3 is 5.97 Å². The summed E-state index contributed by atoms with van der Waals surface area (Å²) in [7, 11) is 1.36. The van der Waals surface area contributed by atoms with Crippen LogP contribution >= 0.6 is 0 Å². The average Bonchev–Trinajstić information content (AvgIpc) is 2.56. The third-order valence-corrected chi connectivity index (χ3v) is 3.48. The van der Waals surface area contributed by atoms with Crippen LogP contribution < -0.4 is 4.90 Å². The molecule has 4 nitrogen and oxygen atoms in total. The fourth-order valence-electron chi connectivity index (χ4n) is 2.23. The van der Waals surface area contributed by atoms with E-state index in [1.165, 1.54) is 12.8 Å². The SMILES string of the molecule is CCN(CC)c1ccc(-c2ccc(C(=O)OC)cn2)cc1. The Morgan fingerprint density at radius 2 is 1.76 bits per heavy atom. The number of carbonyl (C=O) groups excluding carboxylic acids is 1. The number of rotatable bonds is 5. The van der Waals surface area contributed by atoms with Crippen LogP contribution in [0.2, 0.25) is 0 Å². The zero-order chi connectivity index (χ0) is 15.2. The van der Waals surface area contributed by atoms with E-state index in [0.717, 1.165) is 24.3 Å². The maximum absolute atomic E-state index is 11.4. The van der Waals surface area contributed by atoms with Gasteiger partial charge < -0.3 is 9.64 Å². The Kier molecular flexibility index (Phi) is 4.93. The Labute approximate surface area is 125 Å². The van der Waals surface area contributed by atoms with E-state index in [9.17, 15) is 4.79 Å². The topological polar surface area (TPSA) is 42.4 Å². The zero-order valence-corrected chi connectivity index (χ0v) is 12.7. The predicted molar refractivity (Wildman–Crippen MR) is 84.6 cm³/mol. The van der Waals surface area contributed by atoms with Gasteiger partial charge in [0.2, 0.25) is 0 Å². The number of benzene rings is 1. The Balaban J connectivity index is 2.20. The summed E-state index contributed by atoms with van der Waals surface area (Å²) in [5.41, 5.74) is 3.53. The number of ether oxygens (including phenoxy) is 1. The lowest BCUT2D eigenvalue weighted by Gasteiger charge is -2.21. The van der Waals surface area contributed by atoms with Crippen molar-refractivity contribution < 1.29 is 9.53 Å². The van der Waals surface area contributed by atoms with Gasteiger partial charge in [-0.05, 0) is 38.1 Å². The van der Waals surface area contributed by atoms with E-state index >= 15 is 0 Å². The van der Waals surface area contributed by atoms with E-state index in [4.69, 9.17) is 0 Å². The molecule has 1 aromatic heterocycles. The molecule has 0 radical (unpaired) electrons. The number of methoxy groups -OCH3 is 1. The molecule has 1 aromatic carbocycles. The van der Waals surface area contributed by atoms with Crippen LogP contribution in [0.4, 0.5) is 5.69 Å². The molecule has 0 saturated heterocycles. The van der Waals surface area contributed by atoms with Crippen LogP contribution in [0.25, 0.3) is 11.3 Å². The normalized spacial score (nSPS) is 10.2. The van der Waals surface area contributed by atoms with Crippen LogP contribution in [-0.2, 0) is 4.74 Å². The van der Waals surface area contributed by atoms with Crippen LogP contribution in [0.3, 0.4) is 0 Å². The summed E-state index contributed by atoms with van der Waals surface area (Å²) in [6.45, 7) is 6.26. The Morgan fingerprint density at radius 3 is 2.24 bits per heavy atom. The lowest BCUT2D eigenvalue weighted by molar-refractivity contribution is 0.0600. The molecular formula is C17H20N2O2. The lowest BCUT2D eigenvalue weighted by atomic mass is 10.1. The largest absolute Gasteiger partial charge is 0.465 e. The number of pyridine rings is 1. The lowest BCUT2D eigenvalue weighted by Crippen LogP contribution is -2.21. The average molecular weight is 284 g/mol. The number of esters is 1. The number of aromatic nitrogens is 1. The second-order valence-corrected chi connectivity index (χ2v) is 4.64. The van der Waals surface area contributed by atoms with Crippen molar-refractivity contribution in [2.75, 3.05) is 25.1 Å². The van der Waals surface area contributed by atoms with Crippen molar-refractivity contribution in [1.82, 2.24) is 4.98 Å². The molecule has 0 bridgehead atoms. The van der Waals surface area contributed by atoms with Gasteiger partial charge in [0.15, 0.2) is 0 Å². The Hall–Kier alpha value is -2.36. The summed E-state index contributed by atoms with van der Waals surface area (Å²) in [6, 6.07) is 11.9. The highest BCUT2D eigenvalue weighted by atomic mass is 16.5. The third kappa shape index (κ3) is 3.40. The first-order valence-electron chi connectivity index (χ1n) is 7.09. The van der Waals surface area contributed by atoms with Crippen molar-refractivity contribution in [1.29, 1.82) is 0 Å². The highest BCUT2D eigenvalue weighted by molar-refractivity contribution is 5.89. The fraction of sp³-hybridized carbons (Fsp3) is 0.294. The van der Waals surface area contributed by atoms with Gasteiger partial charge in [-0.15, -0.1) is 0 Å². The molecule has 110 valence electrons. The second kappa shape index (κ2) is 6.88. The molecule has 0 fully saturated rings. The molecule has 0 aliphatic carbocycles. The van der Waals surface area contributed by atoms with Gasteiger partial charge in [-0.25, -0.2) is 4.79 Å². The molecule has 0 saturated carbocycles. The first kappa shape index (κ1) is 15.0. The van der Waals surface area contributed by atoms with Crippen molar-refractivity contribution in [2.24, 2.45) is 0 Å². The first-order valence-corrected chi connectivity index (χ1v) is 7.09. The van der Waals surface area contributed by atoms with Crippen molar-refractivity contribution in [3.8, 4) is 11.3 Å². The highest BCUT2D eigenvalue weighted by Gasteiger charge is 2.07. The van der Waals surface area contributed by atoms with Crippen molar-refractivity contribution >= 4 is 11.7 Å². The highest BCUT2D eigenvalue weighted by Crippen LogP contribution is 2.22. The first-order chi connectivity index (χ1) is 10.2. The van der Waals surface area contributed by atoms with E-state index in [1.807, 2.05) is 18.2 Å². The van der Waals surface area contributed by atoms with Crippen LogP contribution in [0, 0.1) is 0 Å². The summed E-state index contributed by atoms with van der Waals surface area (Å²) in [4.78, 5) is 18.0. The third-order valence-electron chi connectivity index (χ3n) is 3.48. The number of nitrogens with zero attached hydrogens (tertiary/aromatic N) is 2. The quantitative estimate of drug-likeness (QED) is 0.789. The van der Waals surface area contributed by atoms with Gasteiger partial charge in [0.1, 0.15) is 0 Å². The molecule has 0 spiro atoms. The van der Waals surface area contributed by atoms with Crippen molar-refractivity contribution in [3.63, 3.8) is 0 Å². The van der Waals surface area contributed by atoms with Gasteiger partial charge in [0.05, 0.1) is 18.4 Å². The van der Waals surface area contributed by atoms with E-state index < -0.39 is 0 Å². The minimum Gasteiger partial charge on any atom is -0.465 e. The second-order valence-electron chi connectivity index (χ2n) is 4.64. The molecule has 0 aliphatic rings. The molecule has 2 rings (SSSR count). The van der Waals surface area contributed by atoms with Gasteiger partial charge in [-0.1, -0.05) is 12.1 Å². The minimum atomic E-state index is -0.370. The maximum Gasteiger partial charge on any atom is 0.339 e. The van der Waals surface area contributed by atoms with Crippen LogP contribution in [0.15, 0.2) is 42.6 Å². The molecule has 4 heteroatoms. The molecule has 1 heterocycles. The molecule has 0 unspecified atom stereocenters. The van der Waals surface area contributed by atoms with Gasteiger partial charge in [-0.2, -0.15) is 0 Å². The number of carbonyl (C=O) groups is 1. The molecule has 0 N–H and O–H groups in total. The van der Waals surface area contributed by atoms with Crippen LogP contribution in [0.1, 0.15) is 24.2 Å². The number of hydrogen-bond acceptors (Lipinski definition) is 4. The fourth-order valence-corrected chi connectivity index (χ4v) is 2.23. The summed E-state index contributed by atoms with van der Waals surface area (Å²) in [5.74, 6) is -0.370. The Bertz CT molecular complexity index is 587. The monoisotopic (exact) mass is 284 g/mol. The summed E-state index contributed by atoms with van der Waals surface area (Å²) >= 11 is 0.